The third-order valence-electron chi connectivity index (χ3n) is 10.8. The molecular weight excluding hydrogens is 619 g/mol. The summed E-state index contributed by atoms with van der Waals surface area (Å²) in [5.74, 6) is 0.907. The van der Waals surface area contributed by atoms with Crippen LogP contribution in [-0.4, -0.2) is 10.4 Å². The maximum absolute atomic E-state index is 5.36. The molecule has 7 aromatic rings. The Hall–Kier alpha value is -6.19. The van der Waals surface area contributed by atoms with Crippen LogP contribution in [0.2, 0.25) is 0 Å². The average molecular weight is 656 g/mol. The number of allylic oxidation sites excluding steroid dienone is 2. The van der Waals surface area contributed by atoms with Crippen molar-refractivity contribution in [2.24, 2.45) is 4.99 Å². The lowest BCUT2D eigenvalue weighted by Gasteiger charge is -2.28. The van der Waals surface area contributed by atoms with Crippen LogP contribution in [0.15, 0.2) is 157 Å². The zero-order valence-corrected chi connectivity index (χ0v) is 28.4. The molecule has 3 aliphatic rings. The zero-order valence-electron chi connectivity index (χ0n) is 28.4. The van der Waals surface area contributed by atoms with Crippen molar-refractivity contribution >= 4 is 45.5 Å². The fourth-order valence-electron chi connectivity index (χ4n) is 8.33. The van der Waals surface area contributed by atoms with Gasteiger partial charge in [0.15, 0.2) is 0 Å². The molecule has 6 aromatic carbocycles. The Bertz CT molecular complexity index is 2530. The molecule has 1 aliphatic heterocycles. The molecule has 2 aliphatic carbocycles. The first-order valence-electron chi connectivity index (χ1n) is 18.1. The van der Waals surface area contributed by atoms with Gasteiger partial charge in [-0.15, -0.1) is 0 Å². The van der Waals surface area contributed by atoms with Gasteiger partial charge in [0.25, 0.3) is 0 Å². The molecule has 3 nitrogen and oxygen atoms in total. The summed E-state index contributed by atoms with van der Waals surface area (Å²) >= 11 is 0. The minimum absolute atomic E-state index is 0.0957. The van der Waals surface area contributed by atoms with Gasteiger partial charge < -0.3 is 9.88 Å². The van der Waals surface area contributed by atoms with E-state index in [1.165, 1.54) is 60.8 Å². The third-order valence-corrected chi connectivity index (χ3v) is 10.8. The third kappa shape index (κ3) is 5.16. The highest BCUT2D eigenvalue weighted by Crippen LogP contribution is 2.39. The fraction of sp³-hybridized carbons (Fsp3) is 0.104. The van der Waals surface area contributed by atoms with Crippen LogP contribution in [0.3, 0.4) is 0 Å². The molecule has 0 bridgehead atoms. The normalized spacial score (nSPS) is 16.4. The van der Waals surface area contributed by atoms with Gasteiger partial charge in [0.05, 0.1) is 17.1 Å². The molecule has 244 valence electrons. The molecule has 1 atom stereocenters. The number of aromatic nitrogens is 1. The van der Waals surface area contributed by atoms with Gasteiger partial charge >= 0.3 is 0 Å². The lowest BCUT2D eigenvalue weighted by Crippen LogP contribution is -2.28. The Morgan fingerprint density at radius 3 is 1.90 bits per heavy atom. The van der Waals surface area contributed by atoms with Gasteiger partial charge in [-0.3, -0.25) is 4.99 Å². The van der Waals surface area contributed by atoms with Crippen LogP contribution in [0.1, 0.15) is 57.8 Å². The quantitative estimate of drug-likeness (QED) is 0.196. The summed E-state index contributed by atoms with van der Waals surface area (Å²) in [7, 11) is 0. The minimum Gasteiger partial charge on any atom is -0.340 e. The number of para-hydroxylation sites is 2. The Morgan fingerprint density at radius 2 is 1.18 bits per heavy atom. The first kappa shape index (κ1) is 29.7. The van der Waals surface area contributed by atoms with Gasteiger partial charge in [-0.05, 0) is 107 Å². The summed E-state index contributed by atoms with van der Waals surface area (Å²) in [4.78, 5) is 5.36. The van der Waals surface area contributed by atoms with Gasteiger partial charge in [0.1, 0.15) is 5.84 Å². The molecule has 0 saturated carbocycles. The van der Waals surface area contributed by atoms with Crippen LogP contribution < -0.4 is 5.32 Å². The van der Waals surface area contributed by atoms with Crippen molar-refractivity contribution in [3.63, 3.8) is 0 Å². The Morgan fingerprint density at radius 1 is 0.569 bits per heavy atom. The highest BCUT2D eigenvalue weighted by atomic mass is 15.0. The van der Waals surface area contributed by atoms with Crippen molar-refractivity contribution in [1.29, 1.82) is 0 Å². The maximum Gasteiger partial charge on any atom is 0.133 e. The van der Waals surface area contributed by atoms with Crippen LogP contribution in [0, 0.1) is 0 Å². The van der Waals surface area contributed by atoms with E-state index in [1.54, 1.807) is 0 Å². The monoisotopic (exact) mass is 655 g/mol. The van der Waals surface area contributed by atoms with Crippen molar-refractivity contribution in [2.75, 3.05) is 0 Å². The Kier molecular flexibility index (Phi) is 7.16. The van der Waals surface area contributed by atoms with Crippen molar-refractivity contribution in [1.82, 2.24) is 9.88 Å². The highest BCUT2D eigenvalue weighted by Gasteiger charge is 2.26. The van der Waals surface area contributed by atoms with Crippen LogP contribution in [-0.2, 0) is 12.8 Å². The van der Waals surface area contributed by atoms with Gasteiger partial charge in [-0.1, -0.05) is 127 Å². The molecule has 1 aromatic heterocycles. The van der Waals surface area contributed by atoms with Crippen molar-refractivity contribution < 1.29 is 0 Å². The molecule has 0 amide bonds. The summed E-state index contributed by atoms with van der Waals surface area (Å²) in [6.45, 7) is 0. The summed E-state index contributed by atoms with van der Waals surface area (Å²) in [6, 6.07) is 48.1. The molecule has 3 heteroatoms. The molecule has 0 radical (unpaired) electrons. The second-order valence-corrected chi connectivity index (χ2v) is 13.8. The largest absolute Gasteiger partial charge is 0.340 e. The van der Waals surface area contributed by atoms with Crippen LogP contribution in [0.4, 0.5) is 0 Å². The second kappa shape index (κ2) is 12.3. The van der Waals surface area contributed by atoms with E-state index in [4.69, 9.17) is 4.99 Å². The summed E-state index contributed by atoms with van der Waals surface area (Å²) < 4.78 is 2.37. The molecule has 0 spiro atoms. The number of hydrogen-bond donors (Lipinski definition) is 1. The Labute approximate surface area is 298 Å². The van der Waals surface area contributed by atoms with Crippen molar-refractivity contribution in [3.8, 4) is 16.8 Å². The number of rotatable bonds is 5. The number of nitrogens with one attached hydrogen (secondary N) is 1. The number of amidine groups is 1. The smallest absolute Gasteiger partial charge is 0.133 e. The second-order valence-electron chi connectivity index (χ2n) is 13.8. The first-order chi connectivity index (χ1) is 25.3. The number of fused-ring (bicyclic) bond motifs is 6. The molecule has 10 rings (SSSR count). The van der Waals surface area contributed by atoms with E-state index in [2.05, 4.69) is 174 Å². The number of hydrogen-bond acceptors (Lipinski definition) is 2. The molecular formula is C48H37N3. The molecule has 1 unspecified atom stereocenters. The van der Waals surface area contributed by atoms with E-state index in [0.29, 0.717) is 0 Å². The van der Waals surface area contributed by atoms with E-state index in [0.717, 1.165) is 54.0 Å². The zero-order chi connectivity index (χ0) is 33.7. The predicted molar refractivity (Wildman–Crippen MR) is 214 cm³/mol. The van der Waals surface area contributed by atoms with Crippen LogP contribution in [0.5, 0.6) is 0 Å². The number of aliphatic imine (C=N–C) groups is 1. The van der Waals surface area contributed by atoms with E-state index in [9.17, 15) is 0 Å². The van der Waals surface area contributed by atoms with Gasteiger partial charge in [0.2, 0.25) is 0 Å². The van der Waals surface area contributed by atoms with Gasteiger partial charge in [0, 0.05) is 27.7 Å². The topological polar surface area (TPSA) is 29.3 Å². The maximum atomic E-state index is 5.36. The van der Waals surface area contributed by atoms with E-state index in [-0.39, 0.29) is 6.04 Å². The van der Waals surface area contributed by atoms with Crippen LogP contribution in [0.25, 0.3) is 56.5 Å². The molecule has 2 heterocycles. The summed E-state index contributed by atoms with van der Waals surface area (Å²) in [5, 5.41) is 6.27. The number of benzene rings is 6. The first-order valence-corrected chi connectivity index (χ1v) is 18.1. The molecule has 51 heavy (non-hydrogen) atoms. The average Bonchev–Trinajstić information content (AvgIpc) is 3.55. The molecule has 0 fully saturated rings. The molecule has 1 N–H and O–H groups in total. The standard InChI is InChI=1S/C48H37N3/c1-2-12-35(13-3-1)48-49-44(31-45(50-48)43-30-36-14-4-5-15-38(36)39-16-6-7-17-40(39)43)34-24-22-32(23-25-34)33-26-28-37(29-27-33)51-46-20-10-8-18-41(46)42-19-9-11-21-47(42)51/h1-4,7-14,17-31,45H,5-6,15-16H2,(H,49,50). The number of nitrogens with zero attached hydrogens (tertiary/aromatic N) is 2. The van der Waals surface area contributed by atoms with Gasteiger partial charge in [-0.2, -0.15) is 0 Å². The van der Waals surface area contributed by atoms with E-state index in [1.807, 2.05) is 0 Å². The molecule has 0 saturated heterocycles. The minimum atomic E-state index is -0.0957. The fourth-order valence-corrected chi connectivity index (χ4v) is 8.33. The summed E-state index contributed by atoms with van der Waals surface area (Å²) in [6.07, 6.45) is 16.1. The predicted octanol–water partition coefficient (Wildman–Crippen LogP) is 11.5. The SMILES string of the molecule is C1=Cc2cc(C3C=C(c4ccc(-c5ccc(-n6c7ccccc7c7ccccc76)cc5)cc4)NC(c4ccccc4)=N3)c3c(c2CC1)CCC=C3. The summed E-state index contributed by atoms with van der Waals surface area (Å²) in [5.41, 5.74) is 16.4. The van der Waals surface area contributed by atoms with E-state index >= 15 is 0 Å². The highest BCUT2D eigenvalue weighted by molar-refractivity contribution is 6.09. The van der Waals surface area contributed by atoms with E-state index < -0.39 is 0 Å². The lowest BCUT2D eigenvalue weighted by molar-refractivity contribution is 0.848. The van der Waals surface area contributed by atoms with Crippen LogP contribution >= 0.6 is 0 Å². The van der Waals surface area contributed by atoms with Gasteiger partial charge in [-0.25, -0.2) is 0 Å². The van der Waals surface area contributed by atoms with Crippen molar-refractivity contribution in [2.45, 2.75) is 31.7 Å². The van der Waals surface area contributed by atoms with Crippen molar-refractivity contribution in [3.05, 3.63) is 191 Å². The lowest BCUT2D eigenvalue weighted by atomic mass is 9.80. The Balaban J connectivity index is 1.01.